The highest BCUT2D eigenvalue weighted by atomic mass is 32.1. The first-order valence-corrected chi connectivity index (χ1v) is 5.94. The Morgan fingerprint density at radius 3 is 2.82 bits per heavy atom. The van der Waals surface area contributed by atoms with Crippen LogP contribution in [0.2, 0.25) is 0 Å². The lowest BCUT2D eigenvalue weighted by atomic mass is 10.3. The van der Waals surface area contributed by atoms with Crippen LogP contribution in [-0.4, -0.2) is 32.2 Å². The predicted molar refractivity (Wildman–Crippen MR) is 69.0 cm³/mol. The first kappa shape index (κ1) is 11.8. The smallest absolute Gasteiger partial charge is 0.276 e. The van der Waals surface area contributed by atoms with Crippen molar-refractivity contribution in [1.29, 1.82) is 0 Å². The molecule has 2 heterocycles. The zero-order chi connectivity index (χ0) is 12.4. The molecule has 2 rings (SSSR count). The van der Waals surface area contributed by atoms with Crippen LogP contribution in [0.25, 0.3) is 6.08 Å². The fourth-order valence-electron chi connectivity index (χ4n) is 1.74. The van der Waals surface area contributed by atoms with Crippen molar-refractivity contribution >= 4 is 29.3 Å². The van der Waals surface area contributed by atoms with Gasteiger partial charge in [-0.2, -0.15) is 5.10 Å². The molecule has 1 aliphatic rings. The van der Waals surface area contributed by atoms with Crippen molar-refractivity contribution in [2.75, 3.05) is 6.54 Å². The van der Waals surface area contributed by atoms with Crippen molar-refractivity contribution in [2.45, 2.75) is 20.4 Å². The highest BCUT2D eigenvalue weighted by Gasteiger charge is 2.29. The maximum Gasteiger partial charge on any atom is 0.276 e. The summed E-state index contributed by atoms with van der Waals surface area (Å²) in [6, 6.07) is 1.86. The molecule has 1 amide bonds. The number of carbonyl (C=O) groups is 1. The van der Waals surface area contributed by atoms with Crippen LogP contribution in [0.3, 0.4) is 0 Å². The highest BCUT2D eigenvalue weighted by molar-refractivity contribution is 7.80. The number of hydrogen-bond donors (Lipinski definition) is 1. The van der Waals surface area contributed by atoms with E-state index in [0.717, 1.165) is 12.2 Å². The molecule has 0 radical (unpaired) electrons. The van der Waals surface area contributed by atoms with Gasteiger partial charge in [-0.25, -0.2) is 0 Å². The van der Waals surface area contributed by atoms with Crippen LogP contribution in [0, 0.1) is 0 Å². The molecule has 90 valence electrons. The molecule has 1 aromatic heterocycles. The molecular weight excluding hydrogens is 236 g/mol. The van der Waals surface area contributed by atoms with E-state index < -0.39 is 0 Å². The van der Waals surface area contributed by atoms with Crippen LogP contribution in [0.5, 0.6) is 0 Å². The lowest BCUT2D eigenvalue weighted by Gasteiger charge is -2.08. The predicted octanol–water partition coefficient (Wildman–Crippen LogP) is 0.981. The lowest BCUT2D eigenvalue weighted by molar-refractivity contribution is -0.122. The van der Waals surface area contributed by atoms with E-state index in [1.54, 1.807) is 12.3 Å². The van der Waals surface area contributed by atoms with Gasteiger partial charge in [-0.3, -0.25) is 14.4 Å². The summed E-state index contributed by atoms with van der Waals surface area (Å²) in [5.41, 5.74) is 1.40. The second kappa shape index (κ2) is 4.67. The van der Waals surface area contributed by atoms with Gasteiger partial charge in [-0.15, -0.1) is 0 Å². The molecule has 6 heteroatoms. The molecule has 1 saturated heterocycles. The first-order chi connectivity index (χ1) is 8.17. The van der Waals surface area contributed by atoms with Gasteiger partial charge in [0, 0.05) is 19.3 Å². The van der Waals surface area contributed by atoms with E-state index in [4.69, 9.17) is 12.2 Å². The minimum Gasteiger partial charge on any atom is -0.328 e. The van der Waals surface area contributed by atoms with Crippen LogP contribution >= 0.6 is 12.2 Å². The largest absolute Gasteiger partial charge is 0.328 e. The summed E-state index contributed by atoms with van der Waals surface area (Å²) in [6.07, 6.45) is 3.49. The van der Waals surface area contributed by atoms with E-state index >= 15 is 0 Å². The third-order valence-corrected chi connectivity index (χ3v) is 2.94. The monoisotopic (exact) mass is 250 g/mol. The zero-order valence-corrected chi connectivity index (χ0v) is 10.6. The Morgan fingerprint density at radius 1 is 1.47 bits per heavy atom. The lowest BCUT2D eigenvalue weighted by Crippen LogP contribution is -2.30. The Morgan fingerprint density at radius 2 is 2.24 bits per heavy atom. The normalized spacial score (nSPS) is 18.0. The molecule has 5 nitrogen and oxygen atoms in total. The quantitative estimate of drug-likeness (QED) is 0.642. The summed E-state index contributed by atoms with van der Waals surface area (Å²) >= 11 is 5.08. The van der Waals surface area contributed by atoms with Crippen LogP contribution in [0.1, 0.15) is 19.5 Å². The summed E-state index contributed by atoms with van der Waals surface area (Å²) in [5, 5.41) is 7.53. The number of aryl methyl sites for hydroxylation is 1. The number of carbonyl (C=O) groups excluding carboxylic acids is 1. The van der Waals surface area contributed by atoms with Gasteiger partial charge in [-0.1, -0.05) is 0 Å². The molecule has 17 heavy (non-hydrogen) atoms. The summed E-state index contributed by atoms with van der Waals surface area (Å²) < 4.78 is 1.82. The summed E-state index contributed by atoms with van der Waals surface area (Å²) in [4.78, 5) is 13.5. The molecule has 1 aromatic rings. The number of nitrogens with one attached hydrogen (secondary N) is 1. The van der Waals surface area contributed by atoms with Crippen molar-refractivity contribution in [3.05, 3.63) is 23.7 Å². The first-order valence-electron chi connectivity index (χ1n) is 5.53. The Kier molecular flexibility index (Phi) is 3.23. The highest BCUT2D eigenvalue weighted by Crippen LogP contribution is 2.13. The summed E-state index contributed by atoms with van der Waals surface area (Å²) in [6.45, 7) is 5.24. The second-order valence-corrected chi connectivity index (χ2v) is 4.00. The van der Waals surface area contributed by atoms with Gasteiger partial charge in [0.25, 0.3) is 5.91 Å². The van der Waals surface area contributed by atoms with Crippen LogP contribution in [-0.2, 0) is 11.3 Å². The van der Waals surface area contributed by atoms with Gasteiger partial charge < -0.3 is 5.32 Å². The van der Waals surface area contributed by atoms with E-state index in [1.165, 1.54) is 4.90 Å². The van der Waals surface area contributed by atoms with Gasteiger partial charge in [0.15, 0.2) is 5.11 Å². The Labute approximate surface area is 105 Å². The SMILES string of the molecule is CCN1C(=O)/C(=C\c2ccnn2CC)NC1=S. The molecule has 0 atom stereocenters. The molecule has 0 unspecified atom stereocenters. The van der Waals surface area contributed by atoms with Crippen LogP contribution in [0.4, 0.5) is 0 Å². The summed E-state index contributed by atoms with van der Waals surface area (Å²) in [5.74, 6) is -0.0821. The van der Waals surface area contributed by atoms with E-state index in [9.17, 15) is 4.79 Å². The van der Waals surface area contributed by atoms with Crippen molar-refractivity contribution in [3.8, 4) is 0 Å². The minimum absolute atomic E-state index is 0.0821. The van der Waals surface area contributed by atoms with Crippen molar-refractivity contribution < 1.29 is 4.79 Å². The van der Waals surface area contributed by atoms with Gasteiger partial charge in [0.05, 0.1) is 5.69 Å². The Bertz CT molecular complexity index is 491. The van der Waals surface area contributed by atoms with E-state index in [-0.39, 0.29) is 5.91 Å². The molecule has 0 spiro atoms. The topological polar surface area (TPSA) is 50.2 Å². The van der Waals surface area contributed by atoms with Gasteiger partial charge in [0.1, 0.15) is 5.70 Å². The molecule has 0 bridgehead atoms. The van der Waals surface area contributed by atoms with Crippen molar-refractivity contribution in [2.24, 2.45) is 0 Å². The molecule has 1 fully saturated rings. The molecule has 1 N–H and O–H groups in total. The zero-order valence-electron chi connectivity index (χ0n) is 9.80. The Hall–Kier alpha value is -1.69. The van der Waals surface area contributed by atoms with E-state index in [2.05, 4.69) is 10.4 Å². The number of nitrogens with zero attached hydrogens (tertiary/aromatic N) is 3. The van der Waals surface area contributed by atoms with Crippen LogP contribution < -0.4 is 5.32 Å². The van der Waals surface area contributed by atoms with Crippen molar-refractivity contribution in [1.82, 2.24) is 20.0 Å². The van der Waals surface area contributed by atoms with Crippen LogP contribution in [0.15, 0.2) is 18.0 Å². The molecule has 0 aromatic carbocycles. The van der Waals surface area contributed by atoms with Crippen molar-refractivity contribution in [3.63, 3.8) is 0 Å². The number of aromatic nitrogens is 2. The summed E-state index contributed by atoms with van der Waals surface area (Å²) in [7, 11) is 0. The van der Waals surface area contributed by atoms with E-state index in [1.807, 2.05) is 24.6 Å². The Balaban J connectivity index is 2.30. The second-order valence-electron chi connectivity index (χ2n) is 3.61. The average Bonchev–Trinajstić information content (AvgIpc) is 2.85. The molecule has 0 aliphatic carbocycles. The number of likely N-dealkylation sites (N-methyl/N-ethyl adjacent to an activating group) is 1. The van der Waals surface area contributed by atoms with Gasteiger partial charge in [0.2, 0.25) is 0 Å². The maximum atomic E-state index is 12.0. The average molecular weight is 250 g/mol. The third kappa shape index (κ3) is 2.08. The number of amides is 1. The number of thiocarbonyl (C=S) groups is 1. The maximum absolute atomic E-state index is 12.0. The molecule has 0 saturated carbocycles. The number of hydrogen-bond acceptors (Lipinski definition) is 3. The van der Waals surface area contributed by atoms with Gasteiger partial charge in [-0.05, 0) is 38.2 Å². The fourth-order valence-corrected chi connectivity index (χ4v) is 2.06. The fraction of sp³-hybridized carbons (Fsp3) is 0.364. The standard InChI is InChI=1S/C11H14N4OS/c1-3-14-10(16)9(13-11(14)17)7-8-5-6-12-15(8)4-2/h5-7H,3-4H2,1-2H3,(H,13,17)/b9-7+. The molecule has 1 aliphatic heterocycles. The third-order valence-electron chi connectivity index (χ3n) is 2.62. The van der Waals surface area contributed by atoms with Gasteiger partial charge >= 0.3 is 0 Å². The number of rotatable bonds is 3. The molecular formula is C11H14N4OS. The van der Waals surface area contributed by atoms with E-state index in [0.29, 0.717) is 17.4 Å². The minimum atomic E-state index is -0.0821.